The molecule has 1 amide bonds. The number of nitrogens with one attached hydrogen (secondary N) is 1. The molecule has 0 unspecified atom stereocenters. The van der Waals surface area contributed by atoms with Crippen LogP contribution in [0.4, 0.5) is 5.69 Å². The molecule has 0 aliphatic rings. The lowest BCUT2D eigenvalue weighted by atomic mass is 9.82. The molecule has 0 radical (unpaired) electrons. The van der Waals surface area contributed by atoms with E-state index >= 15 is 0 Å². The van der Waals surface area contributed by atoms with Crippen molar-refractivity contribution in [1.29, 1.82) is 0 Å². The van der Waals surface area contributed by atoms with Crippen molar-refractivity contribution < 1.29 is 40.9 Å². The van der Waals surface area contributed by atoms with Gasteiger partial charge in [-0.2, -0.15) is 0 Å². The zero-order valence-electron chi connectivity index (χ0n) is 37.3. The molecule has 0 atom stereocenters. The third-order valence-electron chi connectivity index (χ3n) is 9.11. The fourth-order valence-electron chi connectivity index (χ4n) is 6.74. The van der Waals surface area contributed by atoms with E-state index in [4.69, 9.17) is 26.9 Å². The van der Waals surface area contributed by atoms with E-state index in [2.05, 4.69) is 117 Å². The van der Waals surface area contributed by atoms with E-state index in [1.807, 2.05) is 0 Å². The number of hydrogen-bond donors (Lipinski definition) is 1. The molecule has 318 valence electrons. The molecule has 0 fully saturated rings. The minimum absolute atomic E-state index is 0.0381. The maximum Gasteiger partial charge on any atom is 0.345 e. The van der Waals surface area contributed by atoms with Gasteiger partial charge >= 0.3 is 15.2 Å². The fraction of sp³-hybridized carbons (Fsp3) is 0.643. The van der Waals surface area contributed by atoms with Gasteiger partial charge in [0.2, 0.25) is 24.0 Å². The number of amides is 1. The Morgan fingerprint density at radius 1 is 0.679 bits per heavy atom. The van der Waals surface area contributed by atoms with Crippen LogP contribution in [0.3, 0.4) is 0 Å². The highest BCUT2D eigenvalue weighted by atomic mass is 31.2. The minimum Gasteiger partial charge on any atom is -0.547 e. The Balaban J connectivity index is 2.90. The monoisotopic (exact) mass is 853 g/mol. The molecule has 1 N–H and O–H groups in total. The van der Waals surface area contributed by atoms with Crippen molar-refractivity contribution >= 4 is 56.0 Å². The summed E-state index contributed by atoms with van der Waals surface area (Å²) in [6.45, 7) is 32.9. The lowest BCUT2D eigenvalue weighted by Crippen LogP contribution is -2.24. The predicted octanol–water partition coefficient (Wildman–Crippen LogP) is 12.3. The largest absolute Gasteiger partial charge is 0.547 e. The first-order valence-corrected chi connectivity index (χ1v) is 29.3. The van der Waals surface area contributed by atoms with Crippen molar-refractivity contribution in [1.82, 2.24) is 0 Å². The van der Waals surface area contributed by atoms with Crippen LogP contribution in [0.1, 0.15) is 131 Å². The first-order chi connectivity index (χ1) is 26.1. The molecule has 0 bridgehead atoms. The predicted molar refractivity (Wildman–Crippen MR) is 240 cm³/mol. The molecule has 0 aliphatic heterocycles. The summed E-state index contributed by atoms with van der Waals surface area (Å²) in [6.07, 6.45) is 1.21. The summed E-state index contributed by atoms with van der Waals surface area (Å²) in [5, 5.41) is 1.93. The van der Waals surface area contributed by atoms with Gasteiger partial charge in [-0.15, -0.1) is 0 Å². The molecule has 2 aromatic rings. The highest BCUT2D eigenvalue weighted by molar-refractivity contribution is 7.72. The highest BCUT2D eigenvalue weighted by Gasteiger charge is 2.50. The van der Waals surface area contributed by atoms with Crippen LogP contribution < -0.4 is 14.2 Å². The van der Waals surface area contributed by atoms with Gasteiger partial charge < -0.3 is 32.3 Å². The Bertz CT molecular complexity index is 1680. The molecule has 0 aliphatic carbocycles. The Kier molecular flexibility index (Phi) is 19.5. The Morgan fingerprint density at radius 3 is 1.55 bits per heavy atom. The van der Waals surface area contributed by atoms with Gasteiger partial charge in [-0.3, -0.25) is 13.9 Å². The summed E-state index contributed by atoms with van der Waals surface area (Å²) in [5.41, 5.74) is 6.61. The van der Waals surface area contributed by atoms with Crippen molar-refractivity contribution in [3.05, 3.63) is 52.6 Å². The van der Waals surface area contributed by atoms with Gasteiger partial charge in [0.15, 0.2) is 5.40 Å². The first kappa shape index (κ1) is 50.1. The van der Waals surface area contributed by atoms with Gasteiger partial charge in [-0.05, 0) is 112 Å². The number of benzene rings is 2. The molecule has 0 aromatic heterocycles. The normalized spacial score (nSPS) is 13.4. The van der Waals surface area contributed by atoms with Crippen LogP contribution in [-0.2, 0) is 42.8 Å². The molecule has 10 nitrogen and oxygen atoms in total. The SMILES string of the molecule is CCOP(=O)(OCC)C(CCC(=O)Nc1c(C(C)(C)C)ccc(C(CC)=C(CC)c2ccc(C(C)(C)C)cc2O[SiH](C)C)c1O[SiH](C)C)P(=O)(OCC)OCC. The van der Waals surface area contributed by atoms with Crippen molar-refractivity contribution in [2.45, 2.75) is 151 Å². The number of anilines is 1. The van der Waals surface area contributed by atoms with Gasteiger partial charge in [0.25, 0.3) is 0 Å². The van der Waals surface area contributed by atoms with Gasteiger partial charge in [-0.1, -0.05) is 79.7 Å². The van der Waals surface area contributed by atoms with Crippen molar-refractivity contribution in [3.8, 4) is 11.5 Å². The Morgan fingerprint density at radius 2 is 1.14 bits per heavy atom. The lowest BCUT2D eigenvalue weighted by Gasteiger charge is -2.31. The van der Waals surface area contributed by atoms with E-state index in [1.54, 1.807) is 27.7 Å². The average Bonchev–Trinajstić information content (AvgIpc) is 3.07. The minimum atomic E-state index is -4.03. The molecule has 0 spiro atoms. The maximum absolute atomic E-state index is 14.2. The molecule has 2 aromatic carbocycles. The Hall–Kier alpha value is -2.02. The average molecular weight is 854 g/mol. The van der Waals surface area contributed by atoms with Crippen LogP contribution in [-0.4, -0.2) is 55.8 Å². The third-order valence-corrected chi connectivity index (χ3v) is 16.7. The zero-order valence-corrected chi connectivity index (χ0v) is 41.4. The van der Waals surface area contributed by atoms with E-state index in [0.29, 0.717) is 11.4 Å². The van der Waals surface area contributed by atoms with Gasteiger partial charge in [0, 0.05) is 17.5 Å². The number of hydrogen-bond acceptors (Lipinski definition) is 9. The zero-order chi connectivity index (χ0) is 42.6. The number of allylic oxidation sites excluding steroid dienone is 2. The van der Waals surface area contributed by atoms with E-state index in [9.17, 15) is 13.9 Å². The quantitative estimate of drug-likeness (QED) is 0.0701. The lowest BCUT2D eigenvalue weighted by molar-refractivity contribution is -0.116. The summed E-state index contributed by atoms with van der Waals surface area (Å²) in [5.74, 6) is 1.19. The number of carbonyl (C=O) groups excluding carboxylic acids is 1. The first-order valence-electron chi connectivity index (χ1n) is 20.5. The van der Waals surface area contributed by atoms with Gasteiger partial charge in [0.1, 0.15) is 11.5 Å². The molecular weight excluding hydrogens is 781 g/mol. The molecular formula is C42H73NO9P2Si2. The molecule has 14 heteroatoms. The highest BCUT2D eigenvalue weighted by Crippen LogP contribution is 2.71. The van der Waals surface area contributed by atoms with E-state index in [1.165, 1.54) is 11.1 Å². The Labute approximate surface area is 342 Å². The number of carbonyl (C=O) groups is 1. The fourth-order valence-corrected chi connectivity index (χ4v) is 13.5. The van der Waals surface area contributed by atoms with E-state index < -0.39 is 38.7 Å². The summed E-state index contributed by atoms with van der Waals surface area (Å²) >= 11 is 0. The molecule has 0 saturated carbocycles. The number of rotatable bonds is 22. The van der Waals surface area contributed by atoms with Crippen LogP contribution in [0.5, 0.6) is 11.5 Å². The maximum atomic E-state index is 14.2. The smallest absolute Gasteiger partial charge is 0.345 e. The van der Waals surface area contributed by atoms with E-state index in [-0.39, 0.29) is 56.0 Å². The van der Waals surface area contributed by atoms with Crippen LogP contribution in [0.2, 0.25) is 26.2 Å². The molecule has 2 rings (SSSR count). The second kappa shape index (κ2) is 21.8. The topological polar surface area (TPSA) is 119 Å². The second-order valence-corrected chi connectivity index (χ2v) is 25.9. The van der Waals surface area contributed by atoms with E-state index in [0.717, 1.165) is 40.9 Å². The van der Waals surface area contributed by atoms with Crippen molar-refractivity contribution in [2.75, 3.05) is 31.7 Å². The molecule has 0 saturated heterocycles. The van der Waals surface area contributed by atoms with Gasteiger partial charge in [0.05, 0.1) is 32.1 Å². The van der Waals surface area contributed by atoms with Crippen molar-refractivity contribution in [3.63, 3.8) is 0 Å². The summed E-state index contributed by atoms with van der Waals surface area (Å²) in [4.78, 5) is 14.2. The van der Waals surface area contributed by atoms with Crippen LogP contribution in [0.25, 0.3) is 11.1 Å². The summed E-state index contributed by atoms with van der Waals surface area (Å²) < 4.78 is 64.6. The van der Waals surface area contributed by atoms with Crippen LogP contribution in [0, 0.1) is 0 Å². The second-order valence-electron chi connectivity index (χ2n) is 16.4. The summed E-state index contributed by atoms with van der Waals surface area (Å²) in [6, 6.07) is 10.8. The standard InChI is InChI=1S/C42H73NO9P2Si2/c1-17-31(33-24-23-30(41(7,8)9)29-36(33)51-55(13)14)32(18-2)34-25-26-35(42(10,11)12)39(40(34)52-56(15)16)43-37(44)27-28-38(53(45,47-19-3)48-20-4)54(46,49-21-5)50-22-6/h23-26,29,38,55-56H,17-22,27-28H2,1-16H3,(H,43,44). The van der Waals surface area contributed by atoms with Gasteiger partial charge in [-0.25, -0.2) is 0 Å². The van der Waals surface area contributed by atoms with Crippen molar-refractivity contribution in [2.24, 2.45) is 0 Å². The molecule has 0 heterocycles. The van der Waals surface area contributed by atoms with Crippen LogP contribution in [0.15, 0.2) is 30.3 Å². The third kappa shape index (κ3) is 13.3. The summed E-state index contributed by atoms with van der Waals surface area (Å²) in [7, 11) is -11.3. The molecule has 56 heavy (non-hydrogen) atoms. The van der Waals surface area contributed by atoms with Crippen LogP contribution >= 0.6 is 15.2 Å².